The Hall–Kier alpha value is -2.26. The third-order valence-electron chi connectivity index (χ3n) is 6.07. The smallest absolute Gasteiger partial charge is 0.0249 e. The minimum absolute atomic E-state index is 0.755. The number of rotatable bonds is 6. The van der Waals surface area contributed by atoms with Crippen LogP contribution in [0.1, 0.15) is 87.0 Å². The van der Waals surface area contributed by atoms with Gasteiger partial charge in [0, 0.05) is 11.1 Å². The summed E-state index contributed by atoms with van der Waals surface area (Å²) in [6, 6.07) is 17.7. The van der Waals surface area contributed by atoms with Crippen molar-refractivity contribution in [2.75, 3.05) is 0 Å². The molecule has 0 N–H and O–H groups in total. The van der Waals surface area contributed by atoms with Gasteiger partial charge in [-0.05, 0) is 92.7 Å². The van der Waals surface area contributed by atoms with E-state index in [4.69, 9.17) is 0 Å². The Bertz CT molecular complexity index is 788. The predicted octanol–water partition coefficient (Wildman–Crippen LogP) is 7.67. The van der Waals surface area contributed by atoms with Gasteiger partial charge in [0.1, 0.15) is 0 Å². The second-order valence-corrected chi connectivity index (χ2v) is 8.18. The summed E-state index contributed by atoms with van der Waals surface area (Å²) in [5, 5.41) is 0. The summed E-state index contributed by atoms with van der Waals surface area (Å²) in [7, 11) is 0. The molecule has 0 heteroatoms. The highest BCUT2D eigenvalue weighted by molar-refractivity contribution is 5.44. The van der Waals surface area contributed by atoms with Crippen LogP contribution in [-0.2, 0) is 6.42 Å². The van der Waals surface area contributed by atoms with Gasteiger partial charge in [-0.1, -0.05) is 68.0 Å². The van der Waals surface area contributed by atoms with Crippen LogP contribution in [0.2, 0.25) is 0 Å². The topological polar surface area (TPSA) is 0 Å². The fraction of sp³-hybridized carbons (Fsp3) is 0.429. The van der Waals surface area contributed by atoms with Crippen LogP contribution in [0.15, 0.2) is 60.7 Å². The Morgan fingerprint density at radius 2 is 1.46 bits per heavy atom. The highest BCUT2D eigenvalue weighted by Crippen LogP contribution is 2.37. The van der Waals surface area contributed by atoms with Crippen LogP contribution in [0, 0.1) is 17.8 Å². The van der Waals surface area contributed by atoms with Crippen molar-refractivity contribution in [1.82, 2.24) is 0 Å². The SMILES string of the molecule is C/C=C/CCc1ccc(C#Cc2ccc(C3CCC(CCC)CC3)cc2)cc1. The van der Waals surface area contributed by atoms with E-state index in [-0.39, 0.29) is 0 Å². The Balaban J connectivity index is 1.55. The summed E-state index contributed by atoms with van der Waals surface area (Å²) < 4.78 is 0. The second kappa shape index (κ2) is 10.9. The summed E-state index contributed by atoms with van der Waals surface area (Å²) in [6.07, 6.45) is 14.8. The van der Waals surface area contributed by atoms with E-state index in [2.05, 4.69) is 86.4 Å². The molecule has 0 amide bonds. The van der Waals surface area contributed by atoms with Gasteiger partial charge < -0.3 is 0 Å². The average molecular weight is 371 g/mol. The van der Waals surface area contributed by atoms with Gasteiger partial charge in [-0.3, -0.25) is 0 Å². The van der Waals surface area contributed by atoms with Crippen LogP contribution in [0.3, 0.4) is 0 Å². The van der Waals surface area contributed by atoms with E-state index < -0.39 is 0 Å². The van der Waals surface area contributed by atoms with Crippen LogP contribution in [0.25, 0.3) is 0 Å². The summed E-state index contributed by atoms with van der Waals surface area (Å²) in [5.74, 6) is 8.36. The number of benzene rings is 2. The fourth-order valence-corrected chi connectivity index (χ4v) is 4.35. The Morgan fingerprint density at radius 1 is 0.857 bits per heavy atom. The van der Waals surface area contributed by atoms with Gasteiger partial charge in [0.2, 0.25) is 0 Å². The van der Waals surface area contributed by atoms with Crippen molar-refractivity contribution >= 4 is 0 Å². The molecule has 1 saturated carbocycles. The lowest BCUT2D eigenvalue weighted by Gasteiger charge is -2.28. The molecule has 0 bridgehead atoms. The van der Waals surface area contributed by atoms with E-state index >= 15 is 0 Å². The van der Waals surface area contributed by atoms with E-state index in [1.165, 1.54) is 49.7 Å². The van der Waals surface area contributed by atoms with Gasteiger partial charge >= 0.3 is 0 Å². The lowest BCUT2D eigenvalue weighted by atomic mass is 9.77. The van der Waals surface area contributed by atoms with Crippen molar-refractivity contribution in [3.05, 3.63) is 82.9 Å². The molecule has 28 heavy (non-hydrogen) atoms. The third kappa shape index (κ3) is 6.13. The maximum atomic E-state index is 3.33. The summed E-state index contributed by atoms with van der Waals surface area (Å²) >= 11 is 0. The van der Waals surface area contributed by atoms with Crippen LogP contribution in [-0.4, -0.2) is 0 Å². The van der Waals surface area contributed by atoms with E-state index in [1.54, 1.807) is 0 Å². The predicted molar refractivity (Wildman–Crippen MR) is 122 cm³/mol. The molecule has 3 rings (SSSR count). The molecule has 0 radical (unpaired) electrons. The highest BCUT2D eigenvalue weighted by Gasteiger charge is 2.21. The Morgan fingerprint density at radius 3 is 2.04 bits per heavy atom. The zero-order chi connectivity index (χ0) is 19.6. The summed E-state index contributed by atoms with van der Waals surface area (Å²) in [5.41, 5.74) is 5.08. The minimum Gasteiger partial charge on any atom is -0.0917 e. The van der Waals surface area contributed by atoms with Crippen LogP contribution < -0.4 is 0 Å². The largest absolute Gasteiger partial charge is 0.0917 e. The summed E-state index contributed by atoms with van der Waals surface area (Å²) in [6.45, 7) is 4.38. The third-order valence-corrected chi connectivity index (χ3v) is 6.07. The molecular formula is C28H34. The first-order chi connectivity index (χ1) is 13.8. The molecule has 0 aromatic heterocycles. The molecule has 0 atom stereocenters. The van der Waals surface area contributed by atoms with Gasteiger partial charge in [0.15, 0.2) is 0 Å². The van der Waals surface area contributed by atoms with Crippen LogP contribution in [0.4, 0.5) is 0 Å². The van der Waals surface area contributed by atoms with Crippen molar-refractivity contribution in [3.63, 3.8) is 0 Å². The quantitative estimate of drug-likeness (QED) is 0.361. The van der Waals surface area contributed by atoms with Crippen molar-refractivity contribution in [1.29, 1.82) is 0 Å². The maximum absolute atomic E-state index is 3.33. The molecule has 0 aliphatic heterocycles. The normalized spacial score (nSPS) is 19.4. The zero-order valence-electron chi connectivity index (χ0n) is 17.6. The molecule has 1 fully saturated rings. The van der Waals surface area contributed by atoms with Gasteiger partial charge in [0.05, 0.1) is 0 Å². The molecule has 0 nitrogen and oxygen atoms in total. The van der Waals surface area contributed by atoms with E-state index in [1.807, 2.05) is 0 Å². The first-order valence-electron chi connectivity index (χ1n) is 11.1. The van der Waals surface area contributed by atoms with Crippen molar-refractivity contribution < 1.29 is 0 Å². The molecule has 0 unspecified atom stereocenters. The maximum Gasteiger partial charge on any atom is 0.0249 e. The lowest BCUT2D eigenvalue weighted by molar-refractivity contribution is 0.308. The van der Waals surface area contributed by atoms with Gasteiger partial charge in [0.25, 0.3) is 0 Å². The van der Waals surface area contributed by atoms with E-state index in [9.17, 15) is 0 Å². The fourth-order valence-electron chi connectivity index (χ4n) is 4.35. The molecule has 2 aromatic rings. The van der Waals surface area contributed by atoms with Gasteiger partial charge in [-0.25, -0.2) is 0 Å². The van der Waals surface area contributed by atoms with E-state index in [0.29, 0.717) is 0 Å². The molecule has 146 valence electrons. The molecule has 0 heterocycles. The van der Waals surface area contributed by atoms with Crippen molar-refractivity contribution in [3.8, 4) is 11.8 Å². The molecule has 1 aliphatic rings. The first-order valence-corrected chi connectivity index (χ1v) is 11.1. The van der Waals surface area contributed by atoms with Gasteiger partial charge in [-0.15, -0.1) is 0 Å². The highest BCUT2D eigenvalue weighted by atomic mass is 14.3. The van der Waals surface area contributed by atoms with Gasteiger partial charge in [-0.2, -0.15) is 0 Å². The molecule has 2 aromatic carbocycles. The molecule has 0 saturated heterocycles. The number of allylic oxidation sites excluding steroid dienone is 2. The lowest BCUT2D eigenvalue weighted by Crippen LogP contribution is -2.13. The molecule has 0 spiro atoms. The Labute approximate surface area is 172 Å². The van der Waals surface area contributed by atoms with Crippen LogP contribution >= 0.6 is 0 Å². The van der Waals surface area contributed by atoms with E-state index in [0.717, 1.165) is 35.8 Å². The van der Waals surface area contributed by atoms with Crippen molar-refractivity contribution in [2.24, 2.45) is 5.92 Å². The van der Waals surface area contributed by atoms with Crippen LogP contribution in [0.5, 0.6) is 0 Å². The molecular weight excluding hydrogens is 336 g/mol. The number of hydrogen-bond acceptors (Lipinski definition) is 0. The Kier molecular flexibility index (Phi) is 7.98. The zero-order valence-corrected chi connectivity index (χ0v) is 17.6. The second-order valence-electron chi connectivity index (χ2n) is 8.18. The first kappa shape index (κ1) is 20.5. The number of aryl methyl sites for hydroxylation is 1. The number of hydrogen-bond donors (Lipinski definition) is 0. The van der Waals surface area contributed by atoms with Crippen molar-refractivity contribution in [2.45, 2.75) is 71.1 Å². The monoisotopic (exact) mass is 370 g/mol. The standard InChI is InChI=1S/C28H34/c1-3-5-6-8-24-9-11-25(12-10-24)13-14-26-17-21-28(22-18-26)27-19-15-23(7-4-2)16-20-27/h3,5,9-12,17-18,21-23,27H,4,6-8,15-16,19-20H2,1-2H3/b5-3+. The minimum atomic E-state index is 0.755. The molecule has 1 aliphatic carbocycles. The average Bonchev–Trinajstić information content (AvgIpc) is 2.75. The summed E-state index contributed by atoms with van der Waals surface area (Å²) in [4.78, 5) is 0.